The van der Waals surface area contributed by atoms with E-state index in [0.717, 1.165) is 12.0 Å². The highest BCUT2D eigenvalue weighted by Crippen LogP contribution is 2.28. The van der Waals surface area contributed by atoms with Crippen molar-refractivity contribution in [3.63, 3.8) is 0 Å². The predicted molar refractivity (Wildman–Crippen MR) is 185 cm³/mol. The maximum Gasteiger partial charge on any atom is 0.246 e. The zero-order valence-electron chi connectivity index (χ0n) is 29.7. The molecule has 3 rings (SSSR count). The molecule has 5 atom stereocenters. The van der Waals surface area contributed by atoms with Crippen molar-refractivity contribution < 1.29 is 24.0 Å². The van der Waals surface area contributed by atoms with Crippen molar-refractivity contribution in [1.82, 2.24) is 30.2 Å². The molecular formula is C35H57ClN6O5. The molecule has 12 heteroatoms. The quantitative estimate of drug-likeness (QED) is 0.332. The average Bonchev–Trinajstić information content (AvgIpc) is 3.68. The Bertz CT molecular complexity index is 1220. The Morgan fingerprint density at radius 2 is 1.34 bits per heavy atom. The van der Waals surface area contributed by atoms with Gasteiger partial charge in [0.15, 0.2) is 0 Å². The molecule has 47 heavy (non-hydrogen) atoms. The smallest absolute Gasteiger partial charge is 0.246 e. The highest BCUT2D eigenvalue weighted by molar-refractivity contribution is 5.96. The molecule has 2 aliphatic rings. The maximum absolute atomic E-state index is 14.2. The minimum Gasteiger partial charge on any atom is -0.350 e. The summed E-state index contributed by atoms with van der Waals surface area (Å²) >= 11 is 0. The largest absolute Gasteiger partial charge is 0.350 e. The molecule has 2 saturated heterocycles. The van der Waals surface area contributed by atoms with Gasteiger partial charge in [-0.1, -0.05) is 71.9 Å². The van der Waals surface area contributed by atoms with Crippen molar-refractivity contribution >= 4 is 41.9 Å². The first-order valence-corrected chi connectivity index (χ1v) is 16.8. The minimum absolute atomic E-state index is 0. The second kappa shape index (κ2) is 17.8. The first-order chi connectivity index (χ1) is 21.7. The van der Waals surface area contributed by atoms with E-state index >= 15 is 0 Å². The molecule has 0 spiro atoms. The van der Waals surface area contributed by atoms with E-state index in [9.17, 15) is 24.0 Å². The van der Waals surface area contributed by atoms with Crippen molar-refractivity contribution in [3.05, 3.63) is 35.9 Å². The Kier molecular flexibility index (Phi) is 15.2. The fourth-order valence-electron chi connectivity index (χ4n) is 6.99. The van der Waals surface area contributed by atoms with Gasteiger partial charge in [-0.2, -0.15) is 0 Å². The Morgan fingerprint density at radius 1 is 0.787 bits per heavy atom. The number of likely N-dealkylation sites (N-methyl/N-ethyl adjacent to an activating group) is 2. The normalized spacial score (nSPS) is 19.9. The number of amides is 5. The summed E-state index contributed by atoms with van der Waals surface area (Å²) in [7, 11) is 5.29. The van der Waals surface area contributed by atoms with Crippen LogP contribution in [0.2, 0.25) is 0 Å². The van der Waals surface area contributed by atoms with Crippen LogP contribution in [0.4, 0.5) is 0 Å². The van der Waals surface area contributed by atoms with Crippen molar-refractivity contribution in [2.45, 2.75) is 104 Å². The second-order valence-electron chi connectivity index (χ2n) is 14.1. The molecule has 0 aromatic heterocycles. The van der Waals surface area contributed by atoms with Gasteiger partial charge in [-0.15, -0.1) is 12.4 Å². The van der Waals surface area contributed by atoms with Crippen LogP contribution >= 0.6 is 12.4 Å². The summed E-state index contributed by atoms with van der Waals surface area (Å²) < 4.78 is 0. The van der Waals surface area contributed by atoms with Gasteiger partial charge in [-0.3, -0.25) is 28.9 Å². The molecule has 2 fully saturated rings. The fourth-order valence-corrected chi connectivity index (χ4v) is 6.99. The van der Waals surface area contributed by atoms with Crippen LogP contribution in [-0.4, -0.2) is 114 Å². The van der Waals surface area contributed by atoms with E-state index in [0.29, 0.717) is 38.9 Å². The van der Waals surface area contributed by atoms with Crippen LogP contribution in [0.1, 0.15) is 72.8 Å². The zero-order valence-corrected chi connectivity index (χ0v) is 30.5. The first kappa shape index (κ1) is 40.0. The first-order valence-electron chi connectivity index (χ1n) is 16.8. The second-order valence-corrected chi connectivity index (χ2v) is 14.1. The van der Waals surface area contributed by atoms with E-state index in [4.69, 9.17) is 0 Å². The Labute approximate surface area is 287 Å². The van der Waals surface area contributed by atoms with Crippen LogP contribution in [0, 0.1) is 17.8 Å². The molecular weight excluding hydrogens is 620 g/mol. The van der Waals surface area contributed by atoms with Crippen molar-refractivity contribution in [2.24, 2.45) is 17.8 Å². The third-order valence-electron chi connectivity index (χ3n) is 9.31. The summed E-state index contributed by atoms with van der Waals surface area (Å²) in [5, 5.41) is 5.94. The lowest BCUT2D eigenvalue weighted by molar-refractivity contribution is -0.153. The number of nitrogens with zero attached hydrogens (tertiary/aromatic N) is 4. The third-order valence-corrected chi connectivity index (χ3v) is 9.31. The monoisotopic (exact) mass is 676 g/mol. The summed E-state index contributed by atoms with van der Waals surface area (Å²) in [4.78, 5) is 75.1. The van der Waals surface area contributed by atoms with Crippen LogP contribution in [0.25, 0.3) is 0 Å². The SMILES string of the molecule is CC(C)[C@@H](NC(=O)[C@@H](C(C)C)N(C)C)C(=O)N(C)[C@@H](C(=O)N1CCC[C@@H]1C(=O)N1CCC[C@@H]1C(=O)NCc1ccccc1)C(C)C.Cl. The van der Waals surface area contributed by atoms with Crippen LogP contribution in [-0.2, 0) is 30.5 Å². The summed E-state index contributed by atoms with van der Waals surface area (Å²) in [5.74, 6) is -1.67. The van der Waals surface area contributed by atoms with Gasteiger partial charge in [-0.05, 0) is 63.1 Å². The minimum atomic E-state index is -0.822. The molecule has 11 nitrogen and oxygen atoms in total. The van der Waals surface area contributed by atoms with E-state index in [1.165, 1.54) is 4.90 Å². The molecule has 1 aromatic carbocycles. The van der Waals surface area contributed by atoms with E-state index in [-0.39, 0.29) is 59.7 Å². The van der Waals surface area contributed by atoms with Crippen LogP contribution in [0.5, 0.6) is 0 Å². The van der Waals surface area contributed by atoms with E-state index in [2.05, 4.69) is 10.6 Å². The molecule has 1 aromatic rings. The molecule has 5 amide bonds. The predicted octanol–water partition coefficient (Wildman–Crippen LogP) is 2.92. The van der Waals surface area contributed by atoms with Gasteiger partial charge in [0, 0.05) is 26.7 Å². The van der Waals surface area contributed by atoms with Gasteiger partial charge >= 0.3 is 0 Å². The van der Waals surface area contributed by atoms with Crippen molar-refractivity contribution in [2.75, 3.05) is 34.2 Å². The van der Waals surface area contributed by atoms with Gasteiger partial charge in [0.2, 0.25) is 29.5 Å². The molecule has 264 valence electrons. The molecule has 2 aliphatic heterocycles. The van der Waals surface area contributed by atoms with Crippen LogP contribution in [0.3, 0.4) is 0 Å². The summed E-state index contributed by atoms with van der Waals surface area (Å²) in [6.07, 6.45) is 2.46. The number of halogens is 1. The molecule has 0 saturated carbocycles. The fraction of sp³-hybridized carbons (Fsp3) is 0.686. The lowest BCUT2D eigenvalue weighted by Gasteiger charge is -2.38. The van der Waals surface area contributed by atoms with E-state index in [1.54, 1.807) is 16.8 Å². The Morgan fingerprint density at radius 3 is 1.87 bits per heavy atom. The lowest BCUT2D eigenvalue weighted by atomic mass is 9.96. The standard InChI is InChI=1S/C35H56N6O5.ClH/c1-22(2)28(37-32(43)29(23(3)4)38(7)8)34(45)39(9)30(24(5)6)35(46)41-20-14-18-27(41)33(44)40-19-13-17-26(40)31(42)36-21-25-15-11-10-12-16-25;/h10-12,15-16,22-24,26-30H,13-14,17-21H2,1-9H3,(H,36,42)(H,37,43);1H/t26-,27-,28-,29-,30-;/m1./s1. The van der Waals surface area contributed by atoms with E-state index in [1.807, 2.05) is 90.9 Å². The summed E-state index contributed by atoms with van der Waals surface area (Å²) in [6, 6.07) is 6.32. The van der Waals surface area contributed by atoms with Crippen LogP contribution < -0.4 is 10.6 Å². The zero-order chi connectivity index (χ0) is 34.3. The number of hydrogen-bond acceptors (Lipinski definition) is 6. The molecule has 2 heterocycles. The molecule has 0 unspecified atom stereocenters. The molecule has 2 N–H and O–H groups in total. The highest BCUT2D eigenvalue weighted by atomic mass is 35.5. The summed E-state index contributed by atoms with van der Waals surface area (Å²) in [6.45, 7) is 12.7. The van der Waals surface area contributed by atoms with Gasteiger partial charge in [0.1, 0.15) is 24.2 Å². The lowest BCUT2D eigenvalue weighted by Crippen LogP contribution is -2.61. The number of hydrogen-bond donors (Lipinski definition) is 2. The molecule has 0 bridgehead atoms. The summed E-state index contributed by atoms with van der Waals surface area (Å²) in [5.41, 5.74) is 0.981. The number of rotatable bonds is 13. The Balaban J connectivity index is 0.00000768. The molecule has 0 radical (unpaired) electrons. The van der Waals surface area contributed by atoms with E-state index < -0.39 is 30.2 Å². The van der Waals surface area contributed by atoms with Gasteiger partial charge in [0.05, 0.1) is 6.04 Å². The van der Waals surface area contributed by atoms with Gasteiger partial charge in [0.25, 0.3) is 0 Å². The number of benzene rings is 1. The molecule has 0 aliphatic carbocycles. The topological polar surface area (TPSA) is 122 Å². The van der Waals surface area contributed by atoms with Gasteiger partial charge < -0.3 is 25.3 Å². The Hall–Kier alpha value is -3.18. The van der Waals surface area contributed by atoms with Crippen molar-refractivity contribution in [1.29, 1.82) is 0 Å². The third kappa shape index (κ3) is 9.69. The number of likely N-dealkylation sites (tertiary alicyclic amines) is 2. The maximum atomic E-state index is 14.2. The highest BCUT2D eigenvalue weighted by Gasteiger charge is 2.45. The number of carbonyl (C=O) groups is 5. The average molecular weight is 677 g/mol. The van der Waals surface area contributed by atoms with Crippen LogP contribution in [0.15, 0.2) is 30.3 Å². The number of nitrogens with one attached hydrogen (secondary N) is 2. The number of carbonyl (C=O) groups excluding carboxylic acids is 5. The van der Waals surface area contributed by atoms with Gasteiger partial charge in [-0.25, -0.2) is 0 Å². The van der Waals surface area contributed by atoms with Crippen molar-refractivity contribution in [3.8, 4) is 0 Å².